The van der Waals surface area contributed by atoms with Gasteiger partial charge in [0.15, 0.2) is 5.69 Å². The van der Waals surface area contributed by atoms with Gasteiger partial charge in [-0.05, 0) is 18.2 Å². The van der Waals surface area contributed by atoms with Crippen LogP contribution in [0.4, 0.5) is 13.2 Å². The van der Waals surface area contributed by atoms with Crippen molar-refractivity contribution >= 4 is 11.0 Å². The molecule has 0 atom stereocenters. The Bertz CT molecular complexity index is 739. The molecule has 1 N–H and O–H groups in total. The van der Waals surface area contributed by atoms with Crippen molar-refractivity contribution in [1.82, 2.24) is 19.7 Å². The van der Waals surface area contributed by atoms with E-state index >= 15 is 0 Å². The van der Waals surface area contributed by atoms with E-state index in [4.69, 9.17) is 0 Å². The van der Waals surface area contributed by atoms with Crippen LogP contribution in [0.3, 0.4) is 0 Å². The average molecular weight is 266 g/mol. The highest BCUT2D eigenvalue weighted by Crippen LogP contribution is 2.31. The molecule has 7 heteroatoms. The van der Waals surface area contributed by atoms with Gasteiger partial charge in [0.05, 0.1) is 23.1 Å². The Labute approximate surface area is 105 Å². The zero-order valence-corrected chi connectivity index (χ0v) is 9.86. The van der Waals surface area contributed by atoms with Crippen molar-refractivity contribution in [3.8, 4) is 11.3 Å². The monoisotopic (exact) mass is 266 g/mol. The highest BCUT2D eigenvalue weighted by molar-refractivity contribution is 5.80. The number of benzene rings is 1. The smallest absolute Gasteiger partial charge is 0.345 e. The van der Waals surface area contributed by atoms with Gasteiger partial charge in [-0.3, -0.25) is 4.68 Å². The van der Waals surface area contributed by atoms with E-state index in [0.29, 0.717) is 11.3 Å². The lowest BCUT2D eigenvalue weighted by atomic mass is 10.1. The maximum atomic E-state index is 12.6. The van der Waals surface area contributed by atoms with Crippen molar-refractivity contribution in [3.05, 3.63) is 36.3 Å². The first-order valence-electron chi connectivity index (χ1n) is 5.50. The van der Waals surface area contributed by atoms with Crippen molar-refractivity contribution in [2.24, 2.45) is 7.05 Å². The summed E-state index contributed by atoms with van der Waals surface area (Å²) in [6.45, 7) is 0. The SMILES string of the molecule is Cn1nc(C(F)(F)F)cc1-c1ccc2nc[nH]c2c1. The summed E-state index contributed by atoms with van der Waals surface area (Å²) in [6, 6.07) is 6.26. The summed E-state index contributed by atoms with van der Waals surface area (Å²) in [4.78, 5) is 6.99. The molecule has 4 nitrogen and oxygen atoms in total. The summed E-state index contributed by atoms with van der Waals surface area (Å²) in [5.74, 6) is 0. The third kappa shape index (κ3) is 1.96. The van der Waals surface area contributed by atoms with Gasteiger partial charge in [-0.25, -0.2) is 4.98 Å². The third-order valence-corrected chi connectivity index (χ3v) is 2.89. The zero-order chi connectivity index (χ0) is 13.6. The van der Waals surface area contributed by atoms with Crippen LogP contribution in [-0.4, -0.2) is 19.7 Å². The predicted molar refractivity (Wildman–Crippen MR) is 63.3 cm³/mol. The fourth-order valence-electron chi connectivity index (χ4n) is 1.97. The molecule has 19 heavy (non-hydrogen) atoms. The number of hydrogen-bond donors (Lipinski definition) is 1. The van der Waals surface area contributed by atoms with Crippen molar-refractivity contribution in [2.45, 2.75) is 6.18 Å². The highest BCUT2D eigenvalue weighted by atomic mass is 19.4. The minimum atomic E-state index is -4.44. The lowest BCUT2D eigenvalue weighted by molar-refractivity contribution is -0.141. The number of nitrogens with one attached hydrogen (secondary N) is 1. The van der Waals surface area contributed by atoms with Crippen LogP contribution in [0.1, 0.15) is 5.69 Å². The molecule has 0 spiro atoms. The second kappa shape index (κ2) is 3.84. The largest absolute Gasteiger partial charge is 0.435 e. The van der Waals surface area contributed by atoms with Crippen LogP contribution in [0.5, 0.6) is 0 Å². The van der Waals surface area contributed by atoms with E-state index in [2.05, 4.69) is 15.1 Å². The second-order valence-corrected chi connectivity index (χ2v) is 4.17. The van der Waals surface area contributed by atoms with Crippen LogP contribution >= 0.6 is 0 Å². The summed E-state index contributed by atoms with van der Waals surface area (Å²) >= 11 is 0. The van der Waals surface area contributed by atoms with Crippen LogP contribution in [0.15, 0.2) is 30.6 Å². The van der Waals surface area contributed by atoms with Gasteiger partial charge in [0, 0.05) is 12.6 Å². The summed E-state index contributed by atoms with van der Waals surface area (Å²) in [7, 11) is 1.49. The Morgan fingerprint density at radius 1 is 1.21 bits per heavy atom. The Morgan fingerprint density at radius 2 is 2.00 bits per heavy atom. The molecule has 3 aromatic rings. The number of halogens is 3. The van der Waals surface area contributed by atoms with Crippen molar-refractivity contribution < 1.29 is 13.2 Å². The molecule has 2 aromatic heterocycles. The van der Waals surface area contributed by atoms with Crippen LogP contribution in [0.25, 0.3) is 22.3 Å². The summed E-state index contributed by atoms with van der Waals surface area (Å²) in [5, 5.41) is 3.49. The van der Waals surface area contributed by atoms with Gasteiger partial charge < -0.3 is 4.98 Å². The standard InChI is InChI=1S/C12H9F3N4/c1-19-10(5-11(18-19)12(13,14)15)7-2-3-8-9(4-7)17-6-16-8/h2-6H,1H3,(H,16,17). The Morgan fingerprint density at radius 3 is 2.68 bits per heavy atom. The fraction of sp³-hybridized carbons (Fsp3) is 0.167. The van der Waals surface area contributed by atoms with Crippen molar-refractivity contribution in [2.75, 3.05) is 0 Å². The summed E-state index contributed by atoms with van der Waals surface area (Å²) in [6.07, 6.45) is -2.90. The normalized spacial score (nSPS) is 12.2. The lowest BCUT2D eigenvalue weighted by Crippen LogP contribution is -2.06. The maximum absolute atomic E-state index is 12.6. The molecule has 0 aliphatic carbocycles. The molecular formula is C12H9F3N4. The molecule has 0 aliphatic rings. The van der Waals surface area contributed by atoms with Gasteiger partial charge in [0.25, 0.3) is 0 Å². The first-order valence-corrected chi connectivity index (χ1v) is 5.50. The Kier molecular flexibility index (Phi) is 2.38. The molecule has 3 rings (SSSR count). The molecule has 0 saturated heterocycles. The minimum absolute atomic E-state index is 0.406. The first-order chi connectivity index (χ1) is 8.95. The van der Waals surface area contributed by atoms with Gasteiger partial charge in [0.2, 0.25) is 0 Å². The van der Waals surface area contributed by atoms with E-state index in [0.717, 1.165) is 17.1 Å². The van der Waals surface area contributed by atoms with Crippen molar-refractivity contribution in [3.63, 3.8) is 0 Å². The molecule has 0 radical (unpaired) electrons. The molecular weight excluding hydrogens is 257 g/mol. The quantitative estimate of drug-likeness (QED) is 0.736. The molecule has 98 valence electrons. The molecule has 0 bridgehead atoms. The van der Waals surface area contributed by atoms with E-state index in [1.807, 2.05) is 0 Å². The lowest BCUT2D eigenvalue weighted by Gasteiger charge is -2.01. The van der Waals surface area contributed by atoms with Gasteiger partial charge in [-0.2, -0.15) is 18.3 Å². The molecule has 0 unspecified atom stereocenters. The topological polar surface area (TPSA) is 46.5 Å². The maximum Gasteiger partial charge on any atom is 0.435 e. The number of aromatic amines is 1. The number of aromatic nitrogens is 4. The van der Waals surface area contributed by atoms with Gasteiger partial charge in [-0.1, -0.05) is 6.07 Å². The molecule has 2 heterocycles. The van der Waals surface area contributed by atoms with Gasteiger partial charge in [0.1, 0.15) is 0 Å². The van der Waals surface area contributed by atoms with Crippen LogP contribution in [0, 0.1) is 0 Å². The zero-order valence-electron chi connectivity index (χ0n) is 9.86. The second-order valence-electron chi connectivity index (χ2n) is 4.17. The predicted octanol–water partition coefficient (Wildman–Crippen LogP) is 2.98. The third-order valence-electron chi connectivity index (χ3n) is 2.89. The molecule has 1 aromatic carbocycles. The molecule has 0 aliphatic heterocycles. The van der Waals surface area contributed by atoms with E-state index in [1.165, 1.54) is 11.7 Å². The highest BCUT2D eigenvalue weighted by Gasteiger charge is 2.34. The number of H-pyrrole nitrogens is 1. The molecule has 0 saturated carbocycles. The van der Waals surface area contributed by atoms with Crippen molar-refractivity contribution in [1.29, 1.82) is 0 Å². The van der Waals surface area contributed by atoms with Gasteiger partial charge >= 0.3 is 6.18 Å². The van der Waals surface area contributed by atoms with E-state index < -0.39 is 11.9 Å². The fourth-order valence-corrected chi connectivity index (χ4v) is 1.97. The Balaban J connectivity index is 2.13. The summed E-state index contributed by atoms with van der Waals surface area (Å²) in [5.41, 5.74) is 1.70. The minimum Gasteiger partial charge on any atom is -0.345 e. The number of imidazole rings is 1. The van der Waals surface area contributed by atoms with Crippen LogP contribution < -0.4 is 0 Å². The summed E-state index contributed by atoms with van der Waals surface area (Å²) < 4.78 is 39.0. The van der Waals surface area contributed by atoms with E-state index in [9.17, 15) is 13.2 Å². The van der Waals surface area contributed by atoms with Crippen LogP contribution in [-0.2, 0) is 13.2 Å². The van der Waals surface area contributed by atoms with E-state index in [-0.39, 0.29) is 0 Å². The Hall–Kier alpha value is -2.31. The first kappa shape index (κ1) is 11.8. The number of rotatable bonds is 1. The van der Waals surface area contributed by atoms with E-state index in [1.54, 1.807) is 24.5 Å². The number of alkyl halides is 3. The number of aryl methyl sites for hydroxylation is 1. The number of fused-ring (bicyclic) bond motifs is 1. The number of nitrogens with zero attached hydrogens (tertiary/aromatic N) is 3. The average Bonchev–Trinajstić information content (AvgIpc) is 2.92. The molecule has 0 fully saturated rings. The van der Waals surface area contributed by atoms with Crippen LogP contribution in [0.2, 0.25) is 0 Å². The number of hydrogen-bond acceptors (Lipinski definition) is 2. The van der Waals surface area contributed by atoms with Gasteiger partial charge in [-0.15, -0.1) is 0 Å². The molecule has 0 amide bonds.